The van der Waals surface area contributed by atoms with Crippen molar-refractivity contribution in [2.75, 3.05) is 6.26 Å². The maximum atomic E-state index is 13.7. The Labute approximate surface area is 117 Å². The second-order valence-electron chi connectivity index (χ2n) is 4.34. The Bertz CT molecular complexity index is 644. The molecule has 0 spiro atoms. The SMILES string of the molecule is CC(Cn1c(CCl)nc2c(F)cc(F)cc21)S(C)=O. The molecule has 2 unspecified atom stereocenters. The minimum absolute atomic E-state index is 0.0822. The first-order valence-electron chi connectivity index (χ1n) is 5.66. The third kappa shape index (κ3) is 2.79. The van der Waals surface area contributed by atoms with Crippen LogP contribution in [0, 0.1) is 11.6 Å². The number of aromatic nitrogens is 2. The highest BCUT2D eigenvalue weighted by atomic mass is 35.5. The molecule has 1 heterocycles. The highest BCUT2D eigenvalue weighted by Gasteiger charge is 2.17. The topological polar surface area (TPSA) is 34.9 Å². The van der Waals surface area contributed by atoms with Gasteiger partial charge in [0.25, 0.3) is 0 Å². The molecule has 0 aliphatic carbocycles. The predicted molar refractivity (Wildman–Crippen MR) is 72.7 cm³/mol. The predicted octanol–water partition coefficient (Wildman–Crippen LogP) is 2.82. The summed E-state index contributed by atoms with van der Waals surface area (Å²) < 4.78 is 40.0. The van der Waals surface area contributed by atoms with Crippen LogP contribution in [0.4, 0.5) is 8.78 Å². The van der Waals surface area contributed by atoms with E-state index in [9.17, 15) is 13.0 Å². The molecule has 104 valence electrons. The van der Waals surface area contributed by atoms with Crippen LogP contribution in [0.1, 0.15) is 12.7 Å². The van der Waals surface area contributed by atoms with Gasteiger partial charge < -0.3 is 4.57 Å². The molecule has 0 radical (unpaired) electrons. The molecular formula is C12H13ClF2N2OS. The van der Waals surface area contributed by atoms with E-state index < -0.39 is 22.4 Å². The summed E-state index contributed by atoms with van der Waals surface area (Å²) >= 11 is 5.78. The van der Waals surface area contributed by atoms with Crippen molar-refractivity contribution in [1.82, 2.24) is 9.55 Å². The van der Waals surface area contributed by atoms with E-state index in [1.165, 1.54) is 6.07 Å². The Morgan fingerprint density at radius 2 is 2.16 bits per heavy atom. The Balaban J connectivity index is 2.60. The standard InChI is InChI=1S/C12H13ClF2N2OS/c1-7(19(2)18)6-17-10-4-8(14)3-9(15)12(10)16-11(17)5-13/h3-4,7H,5-6H2,1-2H3. The maximum Gasteiger partial charge on any atom is 0.153 e. The average Bonchev–Trinajstić information content (AvgIpc) is 2.67. The molecule has 1 aromatic carbocycles. The van der Waals surface area contributed by atoms with Gasteiger partial charge in [0.05, 0.1) is 11.4 Å². The first kappa shape index (κ1) is 14.4. The Morgan fingerprint density at radius 1 is 1.47 bits per heavy atom. The number of hydrogen-bond acceptors (Lipinski definition) is 2. The van der Waals surface area contributed by atoms with E-state index >= 15 is 0 Å². The van der Waals surface area contributed by atoms with Crippen LogP contribution in [0.2, 0.25) is 0 Å². The second-order valence-corrected chi connectivity index (χ2v) is 6.41. The van der Waals surface area contributed by atoms with Gasteiger partial charge in [-0.25, -0.2) is 13.8 Å². The van der Waals surface area contributed by atoms with Crippen molar-refractivity contribution in [1.29, 1.82) is 0 Å². The summed E-state index contributed by atoms with van der Waals surface area (Å²) in [6.45, 7) is 2.15. The highest BCUT2D eigenvalue weighted by molar-refractivity contribution is 7.84. The monoisotopic (exact) mass is 306 g/mol. The largest absolute Gasteiger partial charge is 0.326 e. The van der Waals surface area contributed by atoms with E-state index in [1.807, 2.05) is 0 Å². The Morgan fingerprint density at radius 3 is 2.74 bits per heavy atom. The summed E-state index contributed by atoms with van der Waals surface area (Å²) in [5, 5.41) is -0.161. The van der Waals surface area contributed by atoms with Crippen molar-refractivity contribution in [2.24, 2.45) is 0 Å². The molecule has 0 aliphatic rings. The van der Waals surface area contributed by atoms with Crippen LogP contribution in [0.15, 0.2) is 12.1 Å². The molecule has 0 fully saturated rings. The van der Waals surface area contributed by atoms with Crippen molar-refractivity contribution in [3.05, 3.63) is 29.6 Å². The number of fused-ring (bicyclic) bond motifs is 1. The highest BCUT2D eigenvalue weighted by Crippen LogP contribution is 2.22. The summed E-state index contributed by atoms with van der Waals surface area (Å²) in [5.41, 5.74) is 0.427. The third-order valence-electron chi connectivity index (χ3n) is 2.98. The summed E-state index contributed by atoms with van der Waals surface area (Å²) in [5.74, 6) is -0.861. The summed E-state index contributed by atoms with van der Waals surface area (Å²) in [4.78, 5) is 4.07. The minimum atomic E-state index is -1.04. The first-order chi connectivity index (χ1) is 8.93. The van der Waals surface area contributed by atoms with Gasteiger partial charge in [0.2, 0.25) is 0 Å². The van der Waals surface area contributed by atoms with Gasteiger partial charge in [0.15, 0.2) is 5.82 Å². The van der Waals surface area contributed by atoms with Gasteiger partial charge in [-0.15, -0.1) is 11.6 Å². The molecular weight excluding hydrogens is 294 g/mol. The number of halogens is 3. The number of hydrogen-bond donors (Lipinski definition) is 0. The van der Waals surface area contributed by atoms with Gasteiger partial charge in [-0.2, -0.15) is 0 Å². The number of rotatable bonds is 4. The lowest BCUT2D eigenvalue weighted by molar-refractivity contribution is 0.589. The maximum absolute atomic E-state index is 13.7. The zero-order valence-electron chi connectivity index (χ0n) is 10.5. The van der Waals surface area contributed by atoms with Crippen molar-refractivity contribution in [2.45, 2.75) is 24.6 Å². The molecule has 3 nitrogen and oxygen atoms in total. The third-order valence-corrected chi connectivity index (χ3v) is 4.50. The van der Waals surface area contributed by atoms with Gasteiger partial charge in [-0.3, -0.25) is 4.21 Å². The summed E-state index contributed by atoms with van der Waals surface area (Å²) in [6, 6.07) is 2.01. The number of nitrogens with zero attached hydrogens (tertiary/aromatic N) is 2. The number of imidazole rings is 1. The van der Waals surface area contributed by atoms with Crippen molar-refractivity contribution < 1.29 is 13.0 Å². The molecule has 0 N–H and O–H groups in total. The number of benzene rings is 1. The lowest BCUT2D eigenvalue weighted by Crippen LogP contribution is -2.18. The van der Waals surface area contributed by atoms with Crippen molar-refractivity contribution >= 4 is 33.4 Å². The van der Waals surface area contributed by atoms with Gasteiger partial charge in [0, 0.05) is 34.9 Å². The van der Waals surface area contributed by atoms with Crippen LogP contribution < -0.4 is 0 Å². The van der Waals surface area contributed by atoms with Gasteiger partial charge >= 0.3 is 0 Å². The normalized spacial score (nSPS) is 14.8. The quantitative estimate of drug-likeness (QED) is 0.814. The van der Waals surface area contributed by atoms with E-state index in [2.05, 4.69) is 4.98 Å². The summed E-state index contributed by atoms with van der Waals surface area (Å²) in [6.07, 6.45) is 1.59. The van der Waals surface area contributed by atoms with Crippen LogP contribution >= 0.6 is 11.6 Å². The summed E-state index contributed by atoms with van der Waals surface area (Å²) in [7, 11) is -1.04. The molecule has 2 rings (SSSR count). The van der Waals surface area contributed by atoms with E-state index in [-0.39, 0.29) is 16.6 Å². The average molecular weight is 307 g/mol. The molecule has 2 aromatic rings. The van der Waals surface area contributed by atoms with E-state index in [1.54, 1.807) is 17.7 Å². The number of alkyl halides is 1. The fourth-order valence-corrected chi connectivity index (χ4v) is 2.43. The first-order valence-corrected chi connectivity index (χ1v) is 7.82. The minimum Gasteiger partial charge on any atom is -0.326 e. The fourth-order valence-electron chi connectivity index (χ4n) is 1.87. The van der Waals surface area contributed by atoms with Crippen LogP contribution in [-0.2, 0) is 23.2 Å². The molecule has 0 aliphatic heterocycles. The van der Waals surface area contributed by atoms with E-state index in [4.69, 9.17) is 11.6 Å². The lowest BCUT2D eigenvalue weighted by Gasteiger charge is -2.12. The smallest absolute Gasteiger partial charge is 0.153 e. The van der Waals surface area contributed by atoms with Crippen molar-refractivity contribution in [3.8, 4) is 0 Å². The Hall–Kier alpha value is -1.01. The Kier molecular flexibility index (Phi) is 4.20. The van der Waals surface area contributed by atoms with Crippen LogP contribution in [-0.4, -0.2) is 25.3 Å². The lowest BCUT2D eigenvalue weighted by atomic mass is 10.3. The molecule has 0 saturated carbocycles. The van der Waals surface area contributed by atoms with Crippen LogP contribution in [0.3, 0.4) is 0 Å². The molecule has 19 heavy (non-hydrogen) atoms. The molecule has 2 atom stereocenters. The van der Waals surface area contributed by atoms with Gasteiger partial charge in [-0.1, -0.05) is 0 Å². The van der Waals surface area contributed by atoms with Crippen molar-refractivity contribution in [3.63, 3.8) is 0 Å². The molecule has 0 saturated heterocycles. The van der Waals surface area contributed by atoms with Gasteiger partial charge in [0.1, 0.15) is 17.2 Å². The zero-order valence-corrected chi connectivity index (χ0v) is 12.1. The second kappa shape index (κ2) is 5.54. The van der Waals surface area contributed by atoms with E-state index in [0.717, 1.165) is 6.07 Å². The van der Waals surface area contributed by atoms with E-state index in [0.29, 0.717) is 17.9 Å². The van der Waals surface area contributed by atoms with Gasteiger partial charge in [-0.05, 0) is 13.0 Å². The fraction of sp³-hybridized carbons (Fsp3) is 0.417. The van der Waals surface area contributed by atoms with Crippen LogP contribution in [0.25, 0.3) is 11.0 Å². The molecule has 1 aromatic heterocycles. The van der Waals surface area contributed by atoms with Crippen LogP contribution in [0.5, 0.6) is 0 Å². The molecule has 0 amide bonds. The molecule has 7 heteroatoms. The zero-order chi connectivity index (χ0) is 14.2. The molecule has 0 bridgehead atoms.